The van der Waals surface area contributed by atoms with E-state index in [-0.39, 0.29) is 18.4 Å². The van der Waals surface area contributed by atoms with Crippen LogP contribution in [0.2, 0.25) is 0 Å². The SMILES string of the molecule is COc1ccc(-c2nc(CC(=O)NC(C)c3ccc(SC)cc3)cs2)cc1OC. The lowest BCUT2D eigenvalue weighted by Crippen LogP contribution is -2.28. The second-order valence-electron chi connectivity index (χ2n) is 6.45. The van der Waals surface area contributed by atoms with Crippen LogP contribution in [0.3, 0.4) is 0 Å². The van der Waals surface area contributed by atoms with Crippen molar-refractivity contribution in [2.45, 2.75) is 24.3 Å². The number of carbonyl (C=O) groups excluding carboxylic acids is 1. The first-order valence-electron chi connectivity index (χ1n) is 9.14. The number of nitrogens with zero attached hydrogens (tertiary/aromatic N) is 1. The number of aromatic nitrogens is 1. The Kier molecular flexibility index (Phi) is 7.17. The molecule has 7 heteroatoms. The van der Waals surface area contributed by atoms with Crippen molar-refractivity contribution in [3.63, 3.8) is 0 Å². The van der Waals surface area contributed by atoms with E-state index in [9.17, 15) is 4.79 Å². The quantitative estimate of drug-likeness (QED) is 0.513. The van der Waals surface area contributed by atoms with Gasteiger partial charge in [0.05, 0.1) is 32.4 Å². The molecule has 1 unspecified atom stereocenters. The lowest BCUT2D eigenvalue weighted by Gasteiger charge is -2.14. The molecule has 1 aromatic heterocycles. The third kappa shape index (κ3) is 5.31. The molecular formula is C22H24N2O3S2. The number of amides is 1. The molecule has 2 aromatic carbocycles. The summed E-state index contributed by atoms with van der Waals surface area (Å²) in [5.74, 6) is 1.28. The average Bonchev–Trinajstić information content (AvgIpc) is 3.21. The second kappa shape index (κ2) is 9.80. The van der Waals surface area contributed by atoms with Crippen LogP contribution < -0.4 is 14.8 Å². The molecule has 0 aliphatic carbocycles. The third-order valence-corrected chi connectivity index (χ3v) is 6.20. The fourth-order valence-corrected chi connectivity index (χ4v) is 4.15. The molecule has 1 atom stereocenters. The van der Waals surface area contributed by atoms with Crippen LogP contribution in [0.15, 0.2) is 52.7 Å². The molecule has 152 valence electrons. The molecule has 0 aliphatic rings. The lowest BCUT2D eigenvalue weighted by molar-refractivity contribution is -0.121. The van der Waals surface area contributed by atoms with Crippen LogP contribution in [-0.4, -0.2) is 31.4 Å². The molecule has 1 heterocycles. The first-order valence-corrected chi connectivity index (χ1v) is 11.2. The Morgan fingerprint density at radius 1 is 1.14 bits per heavy atom. The minimum Gasteiger partial charge on any atom is -0.493 e. The van der Waals surface area contributed by atoms with Crippen LogP contribution in [0.4, 0.5) is 0 Å². The standard InChI is InChI=1S/C22H24N2O3S2/c1-14(15-5-8-18(28-4)9-6-15)23-21(25)12-17-13-29-22(24-17)16-7-10-19(26-2)20(11-16)27-3/h5-11,13-14H,12H2,1-4H3,(H,23,25). The number of hydrogen-bond acceptors (Lipinski definition) is 6. The van der Waals surface area contributed by atoms with Gasteiger partial charge in [0.1, 0.15) is 5.01 Å². The fourth-order valence-electron chi connectivity index (χ4n) is 2.92. The summed E-state index contributed by atoms with van der Waals surface area (Å²) < 4.78 is 10.6. The first kappa shape index (κ1) is 21.2. The smallest absolute Gasteiger partial charge is 0.226 e. The van der Waals surface area contributed by atoms with Gasteiger partial charge in [-0.1, -0.05) is 12.1 Å². The molecule has 0 bridgehead atoms. The zero-order valence-corrected chi connectivity index (χ0v) is 18.5. The minimum atomic E-state index is -0.0534. The van der Waals surface area contributed by atoms with E-state index in [0.717, 1.165) is 21.8 Å². The predicted octanol–water partition coefficient (Wildman–Crippen LogP) is 4.97. The summed E-state index contributed by atoms with van der Waals surface area (Å²) in [6, 6.07) is 13.9. The summed E-state index contributed by atoms with van der Waals surface area (Å²) in [5.41, 5.74) is 2.77. The highest BCUT2D eigenvalue weighted by atomic mass is 32.2. The van der Waals surface area contributed by atoms with Gasteiger partial charge in [0.25, 0.3) is 0 Å². The van der Waals surface area contributed by atoms with Crippen molar-refractivity contribution in [2.24, 2.45) is 0 Å². The number of rotatable bonds is 8. The highest BCUT2D eigenvalue weighted by Gasteiger charge is 2.14. The van der Waals surface area contributed by atoms with E-state index in [4.69, 9.17) is 9.47 Å². The molecule has 0 aliphatic heterocycles. The van der Waals surface area contributed by atoms with Crippen molar-refractivity contribution in [1.29, 1.82) is 0 Å². The van der Waals surface area contributed by atoms with E-state index in [1.807, 2.05) is 36.8 Å². The van der Waals surface area contributed by atoms with Gasteiger partial charge in [-0.15, -0.1) is 23.1 Å². The van der Waals surface area contributed by atoms with E-state index < -0.39 is 0 Å². The van der Waals surface area contributed by atoms with Gasteiger partial charge in [-0.2, -0.15) is 0 Å². The van der Waals surface area contributed by atoms with E-state index in [0.29, 0.717) is 11.5 Å². The number of carbonyl (C=O) groups is 1. The van der Waals surface area contributed by atoms with Crippen molar-refractivity contribution < 1.29 is 14.3 Å². The molecule has 3 aromatic rings. The third-order valence-electron chi connectivity index (χ3n) is 4.52. The molecule has 1 N–H and O–H groups in total. The maximum absolute atomic E-state index is 12.5. The summed E-state index contributed by atoms with van der Waals surface area (Å²) in [7, 11) is 3.21. The van der Waals surface area contributed by atoms with E-state index in [1.165, 1.54) is 16.2 Å². The van der Waals surface area contributed by atoms with Crippen molar-refractivity contribution in [3.05, 3.63) is 59.1 Å². The second-order valence-corrected chi connectivity index (χ2v) is 8.19. The maximum atomic E-state index is 12.5. The number of thioether (sulfide) groups is 1. The minimum absolute atomic E-state index is 0.0457. The van der Waals surface area contributed by atoms with Gasteiger partial charge in [-0.3, -0.25) is 4.79 Å². The van der Waals surface area contributed by atoms with Crippen molar-refractivity contribution in [1.82, 2.24) is 10.3 Å². The number of nitrogens with one attached hydrogen (secondary N) is 1. The highest BCUT2D eigenvalue weighted by Crippen LogP contribution is 2.33. The Balaban J connectivity index is 1.64. The molecule has 29 heavy (non-hydrogen) atoms. The zero-order valence-electron chi connectivity index (χ0n) is 16.9. The summed E-state index contributed by atoms with van der Waals surface area (Å²) in [6.45, 7) is 1.99. The summed E-state index contributed by atoms with van der Waals surface area (Å²) in [5, 5.41) is 5.81. The van der Waals surface area contributed by atoms with E-state index >= 15 is 0 Å². The maximum Gasteiger partial charge on any atom is 0.226 e. The topological polar surface area (TPSA) is 60.5 Å². The van der Waals surface area contributed by atoms with Crippen molar-refractivity contribution in [3.8, 4) is 22.1 Å². The van der Waals surface area contributed by atoms with Crippen LogP contribution in [0, 0.1) is 0 Å². The van der Waals surface area contributed by atoms with Crippen molar-refractivity contribution >= 4 is 29.0 Å². The number of thiazole rings is 1. The van der Waals surface area contributed by atoms with E-state index in [1.54, 1.807) is 26.0 Å². The predicted molar refractivity (Wildman–Crippen MR) is 119 cm³/mol. The lowest BCUT2D eigenvalue weighted by atomic mass is 10.1. The highest BCUT2D eigenvalue weighted by molar-refractivity contribution is 7.98. The van der Waals surface area contributed by atoms with Gasteiger partial charge in [-0.25, -0.2) is 4.98 Å². The fraction of sp³-hybridized carbons (Fsp3) is 0.273. The Bertz CT molecular complexity index is 970. The van der Waals surface area contributed by atoms with Crippen molar-refractivity contribution in [2.75, 3.05) is 20.5 Å². The van der Waals surface area contributed by atoms with Gasteiger partial charge in [0.15, 0.2) is 11.5 Å². The number of hydrogen-bond donors (Lipinski definition) is 1. The number of ether oxygens (including phenoxy) is 2. The summed E-state index contributed by atoms with van der Waals surface area (Å²) in [4.78, 5) is 18.3. The molecular weight excluding hydrogens is 404 g/mol. The molecule has 1 amide bonds. The van der Waals surface area contributed by atoms with Gasteiger partial charge in [0, 0.05) is 15.8 Å². The van der Waals surface area contributed by atoms with Gasteiger partial charge >= 0.3 is 0 Å². The Morgan fingerprint density at radius 2 is 1.86 bits per heavy atom. The normalized spacial score (nSPS) is 11.7. The molecule has 0 saturated heterocycles. The molecule has 0 fully saturated rings. The van der Waals surface area contributed by atoms with Gasteiger partial charge in [0.2, 0.25) is 5.91 Å². The zero-order chi connectivity index (χ0) is 20.8. The number of benzene rings is 2. The van der Waals surface area contributed by atoms with Crippen LogP contribution >= 0.6 is 23.1 Å². The average molecular weight is 429 g/mol. The van der Waals surface area contributed by atoms with Gasteiger partial charge < -0.3 is 14.8 Å². The number of methoxy groups -OCH3 is 2. The van der Waals surface area contributed by atoms with Crippen LogP contribution in [0.25, 0.3) is 10.6 Å². The molecule has 0 saturated carbocycles. The Hall–Kier alpha value is -2.51. The summed E-state index contributed by atoms with van der Waals surface area (Å²) in [6.07, 6.45) is 2.29. The monoisotopic (exact) mass is 428 g/mol. The van der Waals surface area contributed by atoms with Crippen LogP contribution in [0.1, 0.15) is 24.2 Å². The molecule has 0 spiro atoms. The van der Waals surface area contributed by atoms with Crippen LogP contribution in [-0.2, 0) is 11.2 Å². The Labute approximate surface area is 179 Å². The molecule has 3 rings (SSSR count). The van der Waals surface area contributed by atoms with Crippen LogP contribution in [0.5, 0.6) is 11.5 Å². The summed E-state index contributed by atoms with van der Waals surface area (Å²) >= 11 is 3.21. The molecule has 5 nitrogen and oxygen atoms in total. The van der Waals surface area contributed by atoms with E-state index in [2.05, 4.69) is 34.6 Å². The first-order chi connectivity index (χ1) is 14.0. The molecule has 0 radical (unpaired) electrons. The largest absolute Gasteiger partial charge is 0.493 e. The Morgan fingerprint density at radius 3 is 2.52 bits per heavy atom. The van der Waals surface area contributed by atoms with Gasteiger partial charge in [-0.05, 0) is 49.1 Å².